The molecule has 6 nitrogen and oxygen atoms in total. The van der Waals surface area contributed by atoms with E-state index in [1.807, 2.05) is 27.7 Å². The fourth-order valence-electron chi connectivity index (χ4n) is 2.28. The maximum atomic E-state index is 12.3. The van der Waals surface area contributed by atoms with Gasteiger partial charge in [-0.1, -0.05) is 6.58 Å². The average molecular weight is 317 g/mol. The molecule has 0 bridgehead atoms. The second kappa shape index (κ2) is 5.98. The fourth-order valence-corrected chi connectivity index (χ4v) is 2.28. The van der Waals surface area contributed by atoms with E-state index < -0.39 is 18.3 Å². The lowest BCUT2D eigenvalue weighted by atomic mass is 9.80. The first-order valence-corrected chi connectivity index (χ1v) is 7.58. The molecule has 1 fully saturated rings. The zero-order valence-electron chi connectivity index (χ0n) is 14.6. The lowest BCUT2D eigenvalue weighted by Gasteiger charge is -2.32. The van der Waals surface area contributed by atoms with Crippen LogP contribution in [0.4, 0.5) is 5.69 Å². The Morgan fingerprint density at radius 2 is 1.91 bits per heavy atom. The fraction of sp³-hybridized carbons (Fsp3) is 0.500. The normalized spacial score (nSPS) is 19.3. The lowest BCUT2D eigenvalue weighted by Crippen LogP contribution is -2.41. The van der Waals surface area contributed by atoms with Crippen molar-refractivity contribution in [1.29, 1.82) is 0 Å². The first kappa shape index (κ1) is 17.5. The van der Waals surface area contributed by atoms with E-state index in [-0.39, 0.29) is 5.56 Å². The van der Waals surface area contributed by atoms with Gasteiger partial charge in [0, 0.05) is 24.9 Å². The highest BCUT2D eigenvalue weighted by Gasteiger charge is 2.51. The number of pyridine rings is 1. The van der Waals surface area contributed by atoms with Crippen LogP contribution in [-0.2, 0) is 16.4 Å². The number of aliphatic imine (C=N–C) groups is 1. The minimum absolute atomic E-state index is 0.169. The number of rotatable bonds is 4. The lowest BCUT2D eigenvalue weighted by molar-refractivity contribution is 0.00578. The van der Waals surface area contributed by atoms with Crippen LogP contribution in [0, 0.1) is 0 Å². The molecule has 1 aliphatic rings. The summed E-state index contributed by atoms with van der Waals surface area (Å²) in [5, 5.41) is 2.92. The molecule has 0 atom stereocenters. The van der Waals surface area contributed by atoms with Crippen molar-refractivity contribution < 1.29 is 9.31 Å². The van der Waals surface area contributed by atoms with E-state index in [1.165, 1.54) is 4.57 Å². The van der Waals surface area contributed by atoms with E-state index in [1.54, 1.807) is 32.4 Å². The molecule has 0 saturated carbocycles. The molecular formula is C16H24BN3O3. The van der Waals surface area contributed by atoms with Crippen LogP contribution in [0.2, 0.25) is 0 Å². The van der Waals surface area contributed by atoms with Gasteiger partial charge in [-0.3, -0.25) is 4.79 Å². The van der Waals surface area contributed by atoms with E-state index in [4.69, 9.17) is 9.31 Å². The van der Waals surface area contributed by atoms with E-state index in [2.05, 4.69) is 16.9 Å². The molecule has 0 amide bonds. The predicted molar refractivity (Wildman–Crippen MR) is 94.3 cm³/mol. The minimum Gasteiger partial charge on any atom is -0.399 e. The van der Waals surface area contributed by atoms with Crippen LogP contribution in [0.3, 0.4) is 0 Å². The third kappa shape index (κ3) is 3.40. The molecule has 0 unspecified atom stereocenters. The summed E-state index contributed by atoms with van der Waals surface area (Å²) in [6.07, 6.45) is 3.33. The molecule has 1 aromatic heterocycles. The van der Waals surface area contributed by atoms with Crippen molar-refractivity contribution in [1.82, 2.24) is 4.57 Å². The zero-order chi connectivity index (χ0) is 17.4. The summed E-state index contributed by atoms with van der Waals surface area (Å²) in [5.41, 5.74) is 0.112. The predicted octanol–water partition coefficient (Wildman–Crippen LogP) is 1.66. The smallest absolute Gasteiger partial charge is 0.399 e. The highest BCUT2D eigenvalue weighted by atomic mass is 16.7. The highest BCUT2D eigenvalue weighted by molar-refractivity contribution is 6.62. The maximum Gasteiger partial charge on any atom is 0.496 e. The minimum atomic E-state index is -0.532. The quantitative estimate of drug-likeness (QED) is 0.677. The summed E-state index contributed by atoms with van der Waals surface area (Å²) < 4.78 is 13.6. The Labute approximate surface area is 137 Å². The highest BCUT2D eigenvalue weighted by Crippen LogP contribution is 2.36. The summed E-state index contributed by atoms with van der Waals surface area (Å²) in [6, 6.07) is 1.72. The zero-order valence-corrected chi connectivity index (χ0v) is 14.6. The van der Waals surface area contributed by atoms with Crippen molar-refractivity contribution in [2.24, 2.45) is 12.0 Å². The van der Waals surface area contributed by atoms with Crippen molar-refractivity contribution in [3.8, 4) is 0 Å². The van der Waals surface area contributed by atoms with E-state index in [9.17, 15) is 4.79 Å². The van der Waals surface area contributed by atoms with Crippen molar-refractivity contribution >= 4 is 24.5 Å². The molecule has 0 aliphatic carbocycles. The van der Waals surface area contributed by atoms with Gasteiger partial charge in [-0.25, -0.2) is 4.99 Å². The molecule has 124 valence electrons. The number of anilines is 1. The molecular weight excluding hydrogens is 293 g/mol. The van der Waals surface area contributed by atoms with Crippen LogP contribution in [0.15, 0.2) is 34.5 Å². The molecule has 7 heteroatoms. The summed E-state index contributed by atoms with van der Waals surface area (Å²) in [5.74, 6) is 0.399. The second-order valence-electron chi connectivity index (χ2n) is 6.65. The monoisotopic (exact) mass is 317 g/mol. The van der Waals surface area contributed by atoms with Gasteiger partial charge < -0.3 is 19.2 Å². The molecule has 2 rings (SSSR count). The van der Waals surface area contributed by atoms with Gasteiger partial charge in [0.05, 0.1) is 11.2 Å². The van der Waals surface area contributed by atoms with Crippen molar-refractivity contribution in [2.75, 3.05) is 5.32 Å². The summed E-state index contributed by atoms with van der Waals surface area (Å²) in [4.78, 5) is 16.3. The van der Waals surface area contributed by atoms with Crippen LogP contribution in [-0.4, -0.2) is 29.1 Å². The Hall–Kier alpha value is -1.86. The van der Waals surface area contributed by atoms with E-state index in [0.29, 0.717) is 11.5 Å². The summed E-state index contributed by atoms with van der Waals surface area (Å²) >= 11 is 0. The molecule has 1 aromatic rings. The molecule has 23 heavy (non-hydrogen) atoms. The largest absolute Gasteiger partial charge is 0.496 e. The average Bonchev–Trinajstić information content (AvgIpc) is 2.64. The number of nitrogens with one attached hydrogen (secondary N) is 1. The first-order valence-electron chi connectivity index (χ1n) is 7.58. The molecule has 0 radical (unpaired) electrons. The Morgan fingerprint density at radius 3 is 2.43 bits per heavy atom. The molecule has 0 aromatic carbocycles. The van der Waals surface area contributed by atoms with Gasteiger partial charge in [-0.15, -0.1) is 0 Å². The molecule has 2 heterocycles. The third-order valence-electron chi connectivity index (χ3n) is 4.29. The van der Waals surface area contributed by atoms with E-state index >= 15 is 0 Å². The molecule has 1 N–H and O–H groups in total. The Morgan fingerprint density at radius 1 is 1.35 bits per heavy atom. The van der Waals surface area contributed by atoms with Crippen molar-refractivity contribution in [3.63, 3.8) is 0 Å². The van der Waals surface area contributed by atoms with Gasteiger partial charge in [-0.2, -0.15) is 0 Å². The SMILES string of the molecule is C=C(/N=C\C)Nc1cc(B2OC(C)(C)C(C)(C)O2)cn(C)c1=O. The Bertz CT molecular complexity index is 691. The number of aromatic nitrogens is 1. The maximum absolute atomic E-state index is 12.3. The van der Waals surface area contributed by atoms with Gasteiger partial charge in [0.25, 0.3) is 5.56 Å². The summed E-state index contributed by atoms with van der Waals surface area (Å²) in [6.45, 7) is 13.5. The van der Waals surface area contributed by atoms with Crippen molar-refractivity contribution in [3.05, 3.63) is 35.0 Å². The van der Waals surface area contributed by atoms with Gasteiger partial charge >= 0.3 is 7.12 Å². The Kier molecular flexibility index (Phi) is 4.55. The topological polar surface area (TPSA) is 64.9 Å². The standard InChI is InChI=1S/C16H24BN3O3/c1-8-18-11(2)19-13-9-12(10-20(7)14(13)21)17-22-15(3,4)16(5,6)23-17/h8-10,19H,2H2,1,3-7H3/b18-8-. The summed E-state index contributed by atoms with van der Waals surface area (Å²) in [7, 11) is 1.16. The number of nitrogens with zero attached hydrogens (tertiary/aromatic N) is 2. The van der Waals surface area contributed by atoms with Crippen LogP contribution in [0.25, 0.3) is 0 Å². The van der Waals surface area contributed by atoms with Crippen LogP contribution < -0.4 is 16.3 Å². The molecule has 1 saturated heterocycles. The van der Waals surface area contributed by atoms with Crippen LogP contribution >= 0.6 is 0 Å². The first-order chi connectivity index (χ1) is 10.6. The van der Waals surface area contributed by atoms with Gasteiger partial charge in [-0.05, 0) is 40.7 Å². The van der Waals surface area contributed by atoms with Gasteiger partial charge in [0.2, 0.25) is 0 Å². The molecule has 0 spiro atoms. The number of hydrogen-bond donors (Lipinski definition) is 1. The Balaban J connectivity index is 2.37. The van der Waals surface area contributed by atoms with E-state index in [0.717, 1.165) is 5.46 Å². The number of aryl methyl sites for hydroxylation is 1. The van der Waals surface area contributed by atoms with Gasteiger partial charge in [0.1, 0.15) is 11.5 Å². The van der Waals surface area contributed by atoms with Crippen molar-refractivity contribution in [2.45, 2.75) is 45.8 Å². The second-order valence-corrected chi connectivity index (χ2v) is 6.65. The third-order valence-corrected chi connectivity index (χ3v) is 4.29. The van der Waals surface area contributed by atoms with Crippen LogP contribution in [0.5, 0.6) is 0 Å². The van der Waals surface area contributed by atoms with Crippen LogP contribution in [0.1, 0.15) is 34.6 Å². The van der Waals surface area contributed by atoms with Gasteiger partial charge in [0.15, 0.2) is 0 Å². The molecule has 1 aliphatic heterocycles. The number of hydrogen-bond acceptors (Lipinski definition) is 5.